The van der Waals surface area contributed by atoms with E-state index >= 15 is 0 Å². The Balaban J connectivity index is 2.20. The van der Waals surface area contributed by atoms with Crippen LogP contribution in [-0.2, 0) is 14.3 Å². The summed E-state index contributed by atoms with van der Waals surface area (Å²) in [5.41, 5.74) is 0. The summed E-state index contributed by atoms with van der Waals surface area (Å²) in [4.78, 5) is 13.1. The molecule has 0 saturated carbocycles. The summed E-state index contributed by atoms with van der Waals surface area (Å²) in [6.07, 6.45) is 59.4. The van der Waals surface area contributed by atoms with Crippen LogP contribution in [0.5, 0.6) is 0 Å². The predicted octanol–water partition coefficient (Wildman–Crippen LogP) is 15.1. The van der Waals surface area contributed by atoms with Crippen molar-refractivity contribution in [1.82, 2.24) is 5.32 Å². The van der Waals surface area contributed by atoms with E-state index in [9.17, 15) is 30.3 Å². The van der Waals surface area contributed by atoms with Crippen LogP contribution < -0.4 is 5.32 Å². The molecule has 7 unspecified atom stereocenters. The van der Waals surface area contributed by atoms with Crippen LogP contribution in [0.3, 0.4) is 0 Å². The Labute approximate surface area is 431 Å². The highest BCUT2D eigenvalue weighted by Gasteiger charge is 2.44. The van der Waals surface area contributed by atoms with E-state index in [4.69, 9.17) is 9.47 Å². The monoisotopic (exact) mass is 990 g/mol. The highest BCUT2D eigenvalue weighted by Crippen LogP contribution is 2.23. The number of rotatable bonds is 52. The number of hydrogen-bond donors (Lipinski definition) is 6. The predicted molar refractivity (Wildman–Crippen MR) is 295 cm³/mol. The van der Waals surface area contributed by atoms with Gasteiger partial charge >= 0.3 is 0 Å². The summed E-state index contributed by atoms with van der Waals surface area (Å²) >= 11 is 0. The average molecular weight is 991 g/mol. The standard InChI is InChI=1S/C61H115NO8/c1-3-5-7-9-11-13-15-17-19-21-23-24-25-26-27-28-29-30-31-33-35-37-39-41-43-45-47-49-51-57(65)62-54(53-69-61-60(68)59(67)58(66)56(52-63)70-61)55(64)50-48-46-44-42-40-38-36-34-32-22-20-18-16-14-12-10-8-6-4-2/h26-27,40,42,48,50,54-56,58-61,63-64,66-68H,3-25,28-39,41,43-47,49,51-53H2,1-2H3,(H,62,65)/b27-26-,42-40+,50-48+. The lowest BCUT2D eigenvalue weighted by molar-refractivity contribution is -0.302. The molecular weight excluding hydrogens is 875 g/mol. The van der Waals surface area contributed by atoms with Gasteiger partial charge in [-0.3, -0.25) is 4.79 Å². The number of aliphatic hydroxyl groups excluding tert-OH is 5. The summed E-state index contributed by atoms with van der Waals surface area (Å²) in [7, 11) is 0. The van der Waals surface area contributed by atoms with Gasteiger partial charge in [0.25, 0.3) is 0 Å². The molecule has 6 N–H and O–H groups in total. The Bertz CT molecular complexity index is 1190. The zero-order chi connectivity index (χ0) is 50.8. The summed E-state index contributed by atoms with van der Waals surface area (Å²) in [5, 5.41) is 54.5. The Morgan fingerprint density at radius 2 is 0.814 bits per heavy atom. The molecule has 0 spiro atoms. The first-order valence-corrected chi connectivity index (χ1v) is 30.2. The Kier molecular flexibility index (Phi) is 48.3. The number of hydrogen-bond acceptors (Lipinski definition) is 8. The van der Waals surface area contributed by atoms with Crippen LogP contribution in [0.15, 0.2) is 36.5 Å². The molecule has 0 aliphatic carbocycles. The average Bonchev–Trinajstić information content (AvgIpc) is 3.36. The smallest absolute Gasteiger partial charge is 0.220 e. The van der Waals surface area contributed by atoms with Gasteiger partial charge in [-0.25, -0.2) is 0 Å². The number of unbranched alkanes of at least 4 members (excludes halogenated alkanes) is 38. The van der Waals surface area contributed by atoms with Crippen molar-refractivity contribution >= 4 is 5.91 Å². The van der Waals surface area contributed by atoms with Crippen LogP contribution in [-0.4, -0.2) is 87.5 Å². The minimum absolute atomic E-state index is 0.184. The minimum Gasteiger partial charge on any atom is -0.394 e. The van der Waals surface area contributed by atoms with Gasteiger partial charge in [-0.2, -0.15) is 0 Å². The summed E-state index contributed by atoms with van der Waals surface area (Å²) < 4.78 is 11.3. The van der Waals surface area contributed by atoms with Crippen LogP contribution in [0.4, 0.5) is 0 Å². The van der Waals surface area contributed by atoms with Gasteiger partial charge in [-0.15, -0.1) is 0 Å². The zero-order valence-corrected chi connectivity index (χ0v) is 45.8. The molecule has 1 amide bonds. The minimum atomic E-state index is -1.57. The van der Waals surface area contributed by atoms with Crippen LogP contribution in [0.25, 0.3) is 0 Å². The molecule has 0 aromatic heterocycles. The lowest BCUT2D eigenvalue weighted by atomic mass is 9.99. The Morgan fingerprint density at radius 1 is 0.471 bits per heavy atom. The summed E-state index contributed by atoms with van der Waals surface area (Å²) in [6.45, 7) is 3.80. The molecule has 0 radical (unpaired) electrons. The van der Waals surface area contributed by atoms with Crippen molar-refractivity contribution in [2.75, 3.05) is 13.2 Å². The maximum atomic E-state index is 13.1. The van der Waals surface area contributed by atoms with E-state index in [1.165, 1.54) is 231 Å². The second kappa shape index (κ2) is 50.9. The third-order valence-electron chi connectivity index (χ3n) is 14.4. The van der Waals surface area contributed by atoms with Crippen LogP contribution in [0.2, 0.25) is 0 Å². The van der Waals surface area contributed by atoms with Gasteiger partial charge in [0.05, 0.1) is 25.4 Å². The number of allylic oxidation sites excluding steroid dienone is 5. The Morgan fingerprint density at radius 3 is 1.20 bits per heavy atom. The molecule has 1 aliphatic heterocycles. The second-order valence-corrected chi connectivity index (χ2v) is 21.1. The number of amides is 1. The molecular formula is C61H115NO8. The molecule has 7 atom stereocenters. The zero-order valence-electron chi connectivity index (χ0n) is 45.8. The molecule has 0 bridgehead atoms. The molecule has 1 heterocycles. The van der Waals surface area contributed by atoms with Crippen LogP contribution in [0, 0.1) is 0 Å². The molecule has 1 aliphatic rings. The van der Waals surface area contributed by atoms with E-state index in [0.717, 1.165) is 38.5 Å². The fourth-order valence-corrected chi connectivity index (χ4v) is 9.64. The molecule has 0 aromatic rings. The van der Waals surface area contributed by atoms with E-state index in [-0.39, 0.29) is 12.5 Å². The fourth-order valence-electron chi connectivity index (χ4n) is 9.64. The van der Waals surface area contributed by atoms with Crippen molar-refractivity contribution in [3.63, 3.8) is 0 Å². The summed E-state index contributed by atoms with van der Waals surface area (Å²) in [5.74, 6) is -0.184. The first-order chi connectivity index (χ1) is 34.3. The number of nitrogens with one attached hydrogen (secondary N) is 1. The molecule has 412 valence electrons. The van der Waals surface area contributed by atoms with Crippen molar-refractivity contribution in [2.45, 2.75) is 333 Å². The maximum Gasteiger partial charge on any atom is 0.220 e. The van der Waals surface area contributed by atoms with Crippen molar-refractivity contribution in [1.29, 1.82) is 0 Å². The van der Waals surface area contributed by atoms with E-state index < -0.39 is 49.5 Å². The topological polar surface area (TPSA) is 149 Å². The lowest BCUT2D eigenvalue weighted by Gasteiger charge is -2.40. The first-order valence-electron chi connectivity index (χ1n) is 30.2. The van der Waals surface area contributed by atoms with Crippen molar-refractivity contribution in [3.8, 4) is 0 Å². The largest absolute Gasteiger partial charge is 0.394 e. The fraction of sp³-hybridized carbons (Fsp3) is 0.885. The van der Waals surface area contributed by atoms with E-state index in [1.807, 2.05) is 6.08 Å². The number of aliphatic hydroxyl groups is 5. The number of carbonyl (C=O) groups is 1. The van der Waals surface area contributed by atoms with Crippen molar-refractivity contribution in [2.24, 2.45) is 0 Å². The molecule has 1 fully saturated rings. The van der Waals surface area contributed by atoms with Gasteiger partial charge in [-0.1, -0.05) is 262 Å². The molecule has 9 nitrogen and oxygen atoms in total. The van der Waals surface area contributed by atoms with E-state index in [2.05, 4.69) is 43.5 Å². The van der Waals surface area contributed by atoms with Gasteiger partial charge in [0.2, 0.25) is 5.91 Å². The molecule has 0 aromatic carbocycles. The number of carbonyl (C=O) groups excluding carboxylic acids is 1. The highest BCUT2D eigenvalue weighted by molar-refractivity contribution is 5.76. The highest BCUT2D eigenvalue weighted by atomic mass is 16.7. The lowest BCUT2D eigenvalue weighted by Crippen LogP contribution is -2.60. The second-order valence-electron chi connectivity index (χ2n) is 21.1. The van der Waals surface area contributed by atoms with Gasteiger partial charge in [-0.05, 0) is 57.8 Å². The molecule has 70 heavy (non-hydrogen) atoms. The Hall–Kier alpha value is -1.59. The van der Waals surface area contributed by atoms with Gasteiger partial charge in [0, 0.05) is 6.42 Å². The van der Waals surface area contributed by atoms with Crippen LogP contribution in [0.1, 0.15) is 290 Å². The van der Waals surface area contributed by atoms with E-state index in [1.54, 1.807) is 6.08 Å². The maximum absolute atomic E-state index is 13.1. The van der Waals surface area contributed by atoms with Gasteiger partial charge in [0.1, 0.15) is 24.4 Å². The van der Waals surface area contributed by atoms with Gasteiger partial charge in [0.15, 0.2) is 6.29 Å². The van der Waals surface area contributed by atoms with Crippen LogP contribution >= 0.6 is 0 Å². The normalized spacial score (nSPS) is 19.6. The number of ether oxygens (including phenoxy) is 2. The third-order valence-corrected chi connectivity index (χ3v) is 14.4. The van der Waals surface area contributed by atoms with E-state index in [0.29, 0.717) is 6.42 Å². The third kappa shape index (κ3) is 39.9. The summed E-state index contributed by atoms with van der Waals surface area (Å²) in [6, 6.07) is -0.821. The molecule has 9 heteroatoms. The van der Waals surface area contributed by atoms with Crippen molar-refractivity contribution in [3.05, 3.63) is 36.5 Å². The SMILES string of the molecule is CCCCCCCCCCCCCC/C=C\CCCCCCCCCCCCCCC(=O)NC(COC1OC(CO)C(O)C(O)C1O)C(O)/C=C/CC/C=C/CCCCCCCCCCCCCCC. The quantitative estimate of drug-likeness (QED) is 0.0261. The first kappa shape index (κ1) is 66.4. The van der Waals surface area contributed by atoms with Crippen molar-refractivity contribution < 1.29 is 39.8 Å². The molecule has 1 saturated heterocycles. The van der Waals surface area contributed by atoms with Gasteiger partial charge < -0.3 is 40.3 Å². The molecule has 1 rings (SSSR count).